The summed E-state index contributed by atoms with van der Waals surface area (Å²) in [6, 6.07) is 15.6. The number of unbranched alkanes of at least 4 members (excludes halogenated alkanes) is 3. The number of hydrogen-bond donors (Lipinski definition) is 0. The van der Waals surface area contributed by atoms with E-state index in [0.29, 0.717) is 0 Å². The van der Waals surface area contributed by atoms with Crippen molar-refractivity contribution in [3.8, 4) is 11.1 Å². The fourth-order valence-corrected chi connectivity index (χ4v) is 3.13. The predicted octanol–water partition coefficient (Wildman–Crippen LogP) is 6.55. The van der Waals surface area contributed by atoms with Gasteiger partial charge >= 0.3 is 0 Å². The van der Waals surface area contributed by atoms with Gasteiger partial charge in [0.15, 0.2) is 0 Å². The van der Waals surface area contributed by atoms with Gasteiger partial charge < -0.3 is 0 Å². The fraction of sp³-hybridized carbons (Fsp3) is 0.368. The van der Waals surface area contributed by atoms with Crippen LogP contribution in [-0.2, 0) is 6.42 Å². The van der Waals surface area contributed by atoms with Gasteiger partial charge in [-0.1, -0.05) is 72.4 Å². The summed E-state index contributed by atoms with van der Waals surface area (Å²) in [4.78, 5) is 0. The summed E-state index contributed by atoms with van der Waals surface area (Å²) in [5.74, 6) is 0. The van der Waals surface area contributed by atoms with Crippen LogP contribution in [0.15, 0.2) is 46.9 Å². The van der Waals surface area contributed by atoms with Crippen LogP contribution in [-0.4, -0.2) is 0 Å². The van der Waals surface area contributed by atoms with Crippen LogP contribution in [0.1, 0.15) is 43.7 Å². The lowest BCUT2D eigenvalue weighted by atomic mass is 10.00. The van der Waals surface area contributed by atoms with E-state index in [-0.39, 0.29) is 0 Å². The molecule has 0 heterocycles. The van der Waals surface area contributed by atoms with Crippen molar-refractivity contribution in [2.45, 2.75) is 46.0 Å². The molecule has 106 valence electrons. The Balaban J connectivity index is 2.04. The lowest BCUT2D eigenvalue weighted by Gasteiger charge is -2.06. The largest absolute Gasteiger partial charge is 0.0654 e. The molecular formula is C19H23Br. The van der Waals surface area contributed by atoms with E-state index in [1.54, 1.807) is 0 Å². The zero-order chi connectivity index (χ0) is 14.4. The van der Waals surface area contributed by atoms with Gasteiger partial charge in [0.25, 0.3) is 0 Å². The first-order valence-electron chi connectivity index (χ1n) is 7.55. The van der Waals surface area contributed by atoms with Crippen molar-refractivity contribution in [2.75, 3.05) is 0 Å². The van der Waals surface area contributed by atoms with Gasteiger partial charge in [0, 0.05) is 4.47 Å². The molecule has 0 unspecified atom stereocenters. The highest BCUT2D eigenvalue weighted by Crippen LogP contribution is 2.25. The van der Waals surface area contributed by atoms with E-state index in [1.165, 1.54) is 54.4 Å². The summed E-state index contributed by atoms with van der Waals surface area (Å²) in [5.41, 5.74) is 5.33. The molecule has 1 heteroatoms. The first kappa shape index (κ1) is 15.3. The molecule has 0 saturated carbocycles. The highest BCUT2D eigenvalue weighted by Gasteiger charge is 2.01. The molecule has 0 N–H and O–H groups in total. The highest BCUT2D eigenvalue weighted by molar-refractivity contribution is 9.10. The van der Waals surface area contributed by atoms with E-state index < -0.39 is 0 Å². The standard InChI is InChI=1S/C19H23Br/c1-3-4-5-6-7-16-8-10-17(11-9-16)18-12-15(2)13-19(20)14-18/h8-14H,3-7H2,1-2H3. The Morgan fingerprint density at radius 1 is 0.850 bits per heavy atom. The van der Waals surface area contributed by atoms with Crippen LogP contribution in [0.25, 0.3) is 11.1 Å². The molecule has 2 aromatic carbocycles. The Hall–Kier alpha value is -1.08. The Morgan fingerprint density at radius 3 is 2.25 bits per heavy atom. The zero-order valence-electron chi connectivity index (χ0n) is 12.5. The van der Waals surface area contributed by atoms with Crippen molar-refractivity contribution >= 4 is 15.9 Å². The Morgan fingerprint density at radius 2 is 1.60 bits per heavy atom. The topological polar surface area (TPSA) is 0 Å². The van der Waals surface area contributed by atoms with E-state index in [4.69, 9.17) is 0 Å². The van der Waals surface area contributed by atoms with Crippen LogP contribution < -0.4 is 0 Å². The third-order valence-electron chi connectivity index (χ3n) is 3.65. The molecule has 0 radical (unpaired) electrons. The van der Waals surface area contributed by atoms with Gasteiger partial charge in [-0.15, -0.1) is 0 Å². The minimum atomic E-state index is 1.15. The molecule has 0 nitrogen and oxygen atoms in total. The first-order valence-corrected chi connectivity index (χ1v) is 8.35. The maximum absolute atomic E-state index is 3.57. The monoisotopic (exact) mass is 330 g/mol. The molecule has 0 aliphatic carbocycles. The number of benzene rings is 2. The summed E-state index contributed by atoms with van der Waals surface area (Å²) in [6.07, 6.45) is 6.53. The molecule has 0 bridgehead atoms. The number of hydrogen-bond acceptors (Lipinski definition) is 0. The second-order valence-electron chi connectivity index (χ2n) is 5.52. The Labute approximate surface area is 131 Å². The lowest BCUT2D eigenvalue weighted by Crippen LogP contribution is -1.87. The zero-order valence-corrected chi connectivity index (χ0v) is 14.0. The van der Waals surface area contributed by atoms with Gasteiger partial charge in [-0.2, -0.15) is 0 Å². The minimum Gasteiger partial charge on any atom is -0.0654 e. The van der Waals surface area contributed by atoms with Crippen molar-refractivity contribution < 1.29 is 0 Å². The smallest absolute Gasteiger partial charge is 0.0184 e. The van der Waals surface area contributed by atoms with Gasteiger partial charge in [-0.25, -0.2) is 0 Å². The average molecular weight is 331 g/mol. The van der Waals surface area contributed by atoms with Crippen LogP contribution >= 0.6 is 15.9 Å². The van der Waals surface area contributed by atoms with Gasteiger partial charge in [-0.05, 0) is 54.2 Å². The van der Waals surface area contributed by atoms with Crippen molar-refractivity contribution in [3.05, 3.63) is 58.1 Å². The quantitative estimate of drug-likeness (QED) is 0.527. The summed E-state index contributed by atoms with van der Waals surface area (Å²) < 4.78 is 1.15. The number of rotatable bonds is 6. The van der Waals surface area contributed by atoms with E-state index in [0.717, 1.165) is 4.47 Å². The summed E-state index contributed by atoms with van der Waals surface area (Å²) in [7, 11) is 0. The molecule has 0 spiro atoms. The average Bonchev–Trinajstić information content (AvgIpc) is 2.43. The van der Waals surface area contributed by atoms with E-state index >= 15 is 0 Å². The molecule has 0 aliphatic heterocycles. The predicted molar refractivity (Wildman–Crippen MR) is 92.2 cm³/mol. The van der Waals surface area contributed by atoms with Crippen LogP contribution in [0, 0.1) is 6.92 Å². The van der Waals surface area contributed by atoms with Crippen molar-refractivity contribution in [3.63, 3.8) is 0 Å². The molecule has 2 rings (SSSR count). The van der Waals surface area contributed by atoms with Gasteiger partial charge in [0.05, 0.1) is 0 Å². The summed E-state index contributed by atoms with van der Waals surface area (Å²) in [6.45, 7) is 4.39. The van der Waals surface area contributed by atoms with Gasteiger partial charge in [0.1, 0.15) is 0 Å². The molecule has 0 saturated heterocycles. The summed E-state index contributed by atoms with van der Waals surface area (Å²) >= 11 is 3.57. The molecule has 2 aromatic rings. The minimum absolute atomic E-state index is 1.15. The van der Waals surface area contributed by atoms with Crippen molar-refractivity contribution in [1.29, 1.82) is 0 Å². The second-order valence-corrected chi connectivity index (χ2v) is 6.44. The van der Waals surface area contributed by atoms with Gasteiger partial charge in [0.2, 0.25) is 0 Å². The third-order valence-corrected chi connectivity index (χ3v) is 4.11. The molecule has 0 atom stereocenters. The SMILES string of the molecule is CCCCCCc1ccc(-c2cc(C)cc(Br)c2)cc1. The van der Waals surface area contributed by atoms with Crippen molar-refractivity contribution in [2.24, 2.45) is 0 Å². The van der Waals surface area contributed by atoms with E-state index in [9.17, 15) is 0 Å². The van der Waals surface area contributed by atoms with Crippen LogP contribution in [0.2, 0.25) is 0 Å². The molecular weight excluding hydrogens is 308 g/mol. The van der Waals surface area contributed by atoms with Crippen LogP contribution in [0.3, 0.4) is 0 Å². The number of aryl methyl sites for hydroxylation is 2. The van der Waals surface area contributed by atoms with Crippen LogP contribution in [0.5, 0.6) is 0 Å². The van der Waals surface area contributed by atoms with Gasteiger partial charge in [-0.3, -0.25) is 0 Å². The maximum Gasteiger partial charge on any atom is 0.0184 e. The van der Waals surface area contributed by atoms with E-state index in [2.05, 4.69) is 72.2 Å². The second kappa shape index (κ2) is 7.64. The molecule has 20 heavy (non-hydrogen) atoms. The van der Waals surface area contributed by atoms with Crippen LogP contribution in [0.4, 0.5) is 0 Å². The Kier molecular flexibility index (Phi) is 5.85. The molecule has 0 aromatic heterocycles. The first-order chi connectivity index (χ1) is 9.69. The third kappa shape index (κ3) is 4.49. The normalized spacial score (nSPS) is 10.8. The molecule has 0 fully saturated rings. The molecule has 0 aliphatic rings. The molecule has 0 amide bonds. The van der Waals surface area contributed by atoms with Crippen molar-refractivity contribution in [1.82, 2.24) is 0 Å². The number of halogens is 1. The van der Waals surface area contributed by atoms with E-state index in [1.807, 2.05) is 0 Å². The maximum atomic E-state index is 3.57. The fourth-order valence-electron chi connectivity index (χ4n) is 2.52. The highest BCUT2D eigenvalue weighted by atomic mass is 79.9. The Bertz CT molecular complexity index is 520. The lowest BCUT2D eigenvalue weighted by molar-refractivity contribution is 0.667. The summed E-state index contributed by atoms with van der Waals surface area (Å²) in [5, 5.41) is 0.